The molecule has 0 aliphatic heterocycles. The maximum atomic E-state index is 5.59. The van der Waals surface area contributed by atoms with Gasteiger partial charge in [-0.25, -0.2) is 0 Å². The Bertz CT molecular complexity index is 136. The molecule has 0 aliphatic carbocycles. The lowest BCUT2D eigenvalue weighted by molar-refractivity contribution is 0.00388. The fourth-order valence-corrected chi connectivity index (χ4v) is 1.68. The molecule has 1 unspecified atom stereocenters. The zero-order valence-corrected chi connectivity index (χ0v) is 11.6. The molecule has 16 heavy (non-hydrogen) atoms. The molecule has 0 radical (unpaired) electrons. The van der Waals surface area contributed by atoms with Crippen LogP contribution in [0.25, 0.3) is 0 Å². The summed E-state index contributed by atoms with van der Waals surface area (Å²) in [5, 5.41) is 3.11. The van der Waals surface area contributed by atoms with Crippen LogP contribution >= 0.6 is 12.6 Å². The van der Waals surface area contributed by atoms with Crippen molar-refractivity contribution in [3.05, 3.63) is 0 Å². The van der Waals surface area contributed by atoms with E-state index >= 15 is 0 Å². The summed E-state index contributed by atoms with van der Waals surface area (Å²) >= 11 is 4.18. The van der Waals surface area contributed by atoms with Crippen LogP contribution in [0.15, 0.2) is 0 Å². The van der Waals surface area contributed by atoms with Gasteiger partial charge in [-0.15, -0.1) is 0 Å². The molecular weight excluding hydrogens is 222 g/mol. The van der Waals surface area contributed by atoms with E-state index in [1.807, 2.05) is 7.05 Å². The summed E-state index contributed by atoms with van der Waals surface area (Å²) in [5.74, 6) is 0.997. The van der Waals surface area contributed by atoms with Gasteiger partial charge in [0.25, 0.3) is 0 Å². The Balaban J connectivity index is 3.20. The van der Waals surface area contributed by atoms with Gasteiger partial charge in [-0.05, 0) is 38.6 Å². The predicted octanol–water partition coefficient (Wildman–Crippen LogP) is 2.12. The second kappa shape index (κ2) is 13.3. The van der Waals surface area contributed by atoms with Crippen molar-refractivity contribution in [3.8, 4) is 0 Å². The van der Waals surface area contributed by atoms with Crippen LogP contribution in [0.5, 0.6) is 0 Å². The minimum Gasteiger partial charge on any atom is -0.379 e. The van der Waals surface area contributed by atoms with Crippen molar-refractivity contribution in [2.75, 3.05) is 39.7 Å². The molecule has 0 fully saturated rings. The minimum atomic E-state index is 0.227. The van der Waals surface area contributed by atoms with Gasteiger partial charge < -0.3 is 14.8 Å². The number of methoxy groups -OCH3 is 1. The van der Waals surface area contributed by atoms with Gasteiger partial charge in [0.2, 0.25) is 0 Å². The van der Waals surface area contributed by atoms with E-state index in [0.29, 0.717) is 6.61 Å². The van der Waals surface area contributed by atoms with Gasteiger partial charge in [0, 0.05) is 13.7 Å². The first-order valence-electron chi connectivity index (χ1n) is 6.21. The maximum Gasteiger partial charge on any atom is 0.0816 e. The molecule has 0 bridgehead atoms. The zero-order valence-electron chi connectivity index (χ0n) is 10.7. The van der Waals surface area contributed by atoms with Gasteiger partial charge >= 0.3 is 0 Å². The summed E-state index contributed by atoms with van der Waals surface area (Å²) in [5.41, 5.74) is 0. The van der Waals surface area contributed by atoms with Crippen LogP contribution in [0, 0.1) is 0 Å². The molecule has 98 valence electrons. The lowest BCUT2D eigenvalue weighted by Crippen LogP contribution is -2.23. The number of thiol groups is 1. The third-order valence-corrected chi connectivity index (χ3v) is 2.87. The van der Waals surface area contributed by atoms with Crippen LogP contribution < -0.4 is 5.32 Å². The highest BCUT2D eigenvalue weighted by atomic mass is 32.1. The normalized spacial score (nSPS) is 12.9. The Labute approximate surface area is 106 Å². The van der Waals surface area contributed by atoms with E-state index in [9.17, 15) is 0 Å². The lowest BCUT2D eigenvalue weighted by Gasteiger charge is -2.15. The van der Waals surface area contributed by atoms with E-state index in [2.05, 4.69) is 17.9 Å². The molecule has 1 N–H and O–H groups in total. The number of unbranched alkanes of at least 4 members (excludes halogenated alkanes) is 3. The molecule has 0 aromatic heterocycles. The average Bonchev–Trinajstić information content (AvgIpc) is 2.32. The summed E-state index contributed by atoms with van der Waals surface area (Å²) < 4.78 is 10.9. The summed E-state index contributed by atoms with van der Waals surface area (Å²) in [6, 6.07) is 0. The summed E-state index contributed by atoms with van der Waals surface area (Å²) in [6.45, 7) is 2.54. The number of nitrogens with one attached hydrogen (secondary N) is 1. The molecular formula is C12H27NO2S. The van der Waals surface area contributed by atoms with Gasteiger partial charge in [0.15, 0.2) is 0 Å². The summed E-state index contributed by atoms with van der Waals surface area (Å²) in [4.78, 5) is 0. The first-order chi connectivity index (χ1) is 7.85. The van der Waals surface area contributed by atoms with Crippen molar-refractivity contribution in [3.63, 3.8) is 0 Å². The smallest absolute Gasteiger partial charge is 0.0816 e. The molecule has 0 aliphatic rings. The van der Waals surface area contributed by atoms with Crippen molar-refractivity contribution in [1.29, 1.82) is 0 Å². The quantitative estimate of drug-likeness (QED) is 0.410. The fraction of sp³-hybridized carbons (Fsp3) is 1.00. The lowest BCUT2D eigenvalue weighted by atomic mass is 10.2. The molecule has 0 aromatic rings. The predicted molar refractivity (Wildman–Crippen MR) is 72.5 cm³/mol. The van der Waals surface area contributed by atoms with Gasteiger partial charge in [-0.2, -0.15) is 12.6 Å². The number of rotatable bonds is 12. The topological polar surface area (TPSA) is 30.5 Å². The van der Waals surface area contributed by atoms with Crippen LogP contribution in [0.1, 0.15) is 32.1 Å². The zero-order chi connectivity index (χ0) is 12.1. The monoisotopic (exact) mass is 249 g/mol. The van der Waals surface area contributed by atoms with Gasteiger partial charge in [0.1, 0.15) is 0 Å². The molecule has 0 aromatic carbocycles. The maximum absolute atomic E-state index is 5.59. The highest BCUT2D eigenvalue weighted by Crippen LogP contribution is 2.02. The summed E-state index contributed by atoms with van der Waals surface area (Å²) in [7, 11) is 3.70. The van der Waals surface area contributed by atoms with Crippen LogP contribution in [0.2, 0.25) is 0 Å². The van der Waals surface area contributed by atoms with E-state index in [1.165, 1.54) is 19.3 Å². The van der Waals surface area contributed by atoms with E-state index in [4.69, 9.17) is 9.47 Å². The third-order valence-electron chi connectivity index (χ3n) is 2.55. The second-order valence-corrected chi connectivity index (χ2v) is 4.41. The highest BCUT2D eigenvalue weighted by molar-refractivity contribution is 7.80. The van der Waals surface area contributed by atoms with Gasteiger partial charge in [0.05, 0.1) is 12.7 Å². The highest BCUT2D eigenvalue weighted by Gasteiger charge is 2.05. The average molecular weight is 249 g/mol. The molecule has 1 atom stereocenters. The van der Waals surface area contributed by atoms with E-state index in [0.717, 1.165) is 31.7 Å². The molecule has 0 spiro atoms. The first kappa shape index (κ1) is 16.2. The Morgan fingerprint density at radius 2 is 1.94 bits per heavy atom. The Hall–Kier alpha value is 0.230. The van der Waals surface area contributed by atoms with Gasteiger partial charge in [-0.3, -0.25) is 0 Å². The van der Waals surface area contributed by atoms with Crippen molar-refractivity contribution in [2.45, 2.75) is 38.2 Å². The molecule has 0 heterocycles. The second-order valence-electron chi connectivity index (χ2n) is 3.96. The minimum absolute atomic E-state index is 0.227. The number of ether oxygens (including phenoxy) is 2. The molecule has 3 nitrogen and oxygen atoms in total. The first-order valence-corrected chi connectivity index (χ1v) is 6.84. The van der Waals surface area contributed by atoms with Gasteiger partial charge in [-0.1, -0.05) is 12.8 Å². The molecule has 4 heteroatoms. The molecule has 0 rings (SSSR count). The standard InChI is InChI=1S/C12H27NO2S/c1-13-8-7-12(14-2)11-15-9-5-3-4-6-10-16/h12-13,16H,3-11H2,1-2H3. The van der Waals surface area contributed by atoms with Crippen LogP contribution in [0.4, 0.5) is 0 Å². The van der Waals surface area contributed by atoms with E-state index < -0.39 is 0 Å². The number of hydrogen-bond acceptors (Lipinski definition) is 4. The Morgan fingerprint density at radius 3 is 2.56 bits per heavy atom. The van der Waals surface area contributed by atoms with Crippen molar-refractivity contribution in [2.24, 2.45) is 0 Å². The van der Waals surface area contributed by atoms with Crippen molar-refractivity contribution in [1.82, 2.24) is 5.32 Å². The van der Waals surface area contributed by atoms with E-state index in [-0.39, 0.29) is 6.10 Å². The van der Waals surface area contributed by atoms with E-state index in [1.54, 1.807) is 7.11 Å². The molecule has 0 saturated carbocycles. The third kappa shape index (κ3) is 10.7. The Kier molecular flexibility index (Phi) is 13.5. The van der Waals surface area contributed by atoms with Crippen molar-refractivity contribution >= 4 is 12.6 Å². The SMILES string of the molecule is CNCCC(COCCCCCCS)OC. The van der Waals surface area contributed by atoms with Crippen LogP contribution in [-0.4, -0.2) is 45.8 Å². The fourth-order valence-electron chi connectivity index (χ4n) is 1.46. The number of hydrogen-bond donors (Lipinski definition) is 2. The Morgan fingerprint density at radius 1 is 1.19 bits per heavy atom. The summed E-state index contributed by atoms with van der Waals surface area (Å²) in [6.07, 6.45) is 6.11. The van der Waals surface area contributed by atoms with Crippen LogP contribution in [0.3, 0.4) is 0 Å². The van der Waals surface area contributed by atoms with Crippen molar-refractivity contribution < 1.29 is 9.47 Å². The molecule has 0 amide bonds. The molecule has 0 saturated heterocycles. The van der Waals surface area contributed by atoms with Crippen LogP contribution in [-0.2, 0) is 9.47 Å². The largest absolute Gasteiger partial charge is 0.379 e.